The fraction of sp³-hybridized carbons (Fsp3) is 0.273. The van der Waals surface area contributed by atoms with Gasteiger partial charge >= 0.3 is 0 Å². The Kier molecular flexibility index (Phi) is 5.12. The van der Waals surface area contributed by atoms with Crippen LogP contribution in [0.1, 0.15) is 25.5 Å². The van der Waals surface area contributed by atoms with Crippen molar-refractivity contribution in [2.75, 3.05) is 18.5 Å². The largest absolute Gasteiger partial charge is 0.508 e. The van der Waals surface area contributed by atoms with Gasteiger partial charge < -0.3 is 14.6 Å². The van der Waals surface area contributed by atoms with E-state index in [2.05, 4.69) is 33.3 Å². The summed E-state index contributed by atoms with van der Waals surface area (Å²) in [6.07, 6.45) is 6.17. The van der Waals surface area contributed by atoms with Crippen LogP contribution in [0.2, 0.25) is 0 Å². The lowest BCUT2D eigenvalue weighted by Gasteiger charge is -2.19. The number of pyridine rings is 1. The summed E-state index contributed by atoms with van der Waals surface area (Å²) in [6, 6.07) is 11.4. The zero-order chi connectivity index (χ0) is 20.4. The van der Waals surface area contributed by atoms with Gasteiger partial charge in [-0.2, -0.15) is 0 Å². The van der Waals surface area contributed by atoms with Crippen LogP contribution in [0.15, 0.2) is 55.1 Å². The van der Waals surface area contributed by atoms with Crippen LogP contribution in [-0.2, 0) is 6.42 Å². The van der Waals surface area contributed by atoms with E-state index in [1.807, 2.05) is 37.6 Å². The normalized spacial score (nSPS) is 11.3. The first kappa shape index (κ1) is 18.9. The van der Waals surface area contributed by atoms with E-state index < -0.39 is 0 Å². The lowest BCUT2D eigenvalue weighted by molar-refractivity contribution is 0.475. The number of likely N-dealkylation sites (N-methyl/N-ethyl adjacent to an activating group) is 1. The van der Waals surface area contributed by atoms with Crippen LogP contribution in [-0.4, -0.2) is 43.2 Å². The molecule has 3 heterocycles. The van der Waals surface area contributed by atoms with Gasteiger partial charge in [0.05, 0.1) is 6.33 Å². The van der Waals surface area contributed by atoms with Crippen LogP contribution >= 0.6 is 0 Å². The molecular formula is C22H24N6O. The third kappa shape index (κ3) is 3.89. The van der Waals surface area contributed by atoms with Crippen molar-refractivity contribution in [3.63, 3.8) is 0 Å². The van der Waals surface area contributed by atoms with E-state index in [1.54, 1.807) is 24.5 Å². The number of phenols is 1. The lowest BCUT2D eigenvalue weighted by Crippen LogP contribution is -2.22. The van der Waals surface area contributed by atoms with E-state index in [9.17, 15) is 5.11 Å². The quantitative estimate of drug-likeness (QED) is 0.540. The summed E-state index contributed by atoms with van der Waals surface area (Å²) in [5, 5.41) is 9.47. The Bertz CT molecular complexity index is 1110. The average Bonchev–Trinajstić information content (AvgIpc) is 3.17. The molecule has 7 heteroatoms. The van der Waals surface area contributed by atoms with Gasteiger partial charge in [-0.1, -0.05) is 12.1 Å². The SMILES string of the molecule is CC(C)n1cnc2c(N(C)CCc3ccc(O)cc3)nc(-c3cccnc3)nc21. The van der Waals surface area contributed by atoms with Crippen molar-refractivity contribution in [2.45, 2.75) is 26.3 Å². The number of nitrogens with zero attached hydrogens (tertiary/aromatic N) is 6. The summed E-state index contributed by atoms with van der Waals surface area (Å²) >= 11 is 0. The molecule has 4 rings (SSSR count). The zero-order valence-electron chi connectivity index (χ0n) is 16.8. The summed E-state index contributed by atoms with van der Waals surface area (Å²) in [4.78, 5) is 20.5. The van der Waals surface area contributed by atoms with Crippen molar-refractivity contribution in [1.29, 1.82) is 0 Å². The number of aromatic hydroxyl groups is 1. The Labute approximate surface area is 169 Å². The highest BCUT2D eigenvalue weighted by molar-refractivity contribution is 5.85. The molecular weight excluding hydrogens is 364 g/mol. The molecule has 0 bridgehead atoms. The van der Waals surface area contributed by atoms with Crippen LogP contribution in [0.25, 0.3) is 22.6 Å². The first-order valence-corrected chi connectivity index (χ1v) is 9.67. The molecule has 0 radical (unpaired) electrons. The molecule has 148 valence electrons. The summed E-state index contributed by atoms with van der Waals surface area (Å²) in [5.41, 5.74) is 3.64. The smallest absolute Gasteiger partial charge is 0.166 e. The van der Waals surface area contributed by atoms with E-state index in [1.165, 1.54) is 0 Å². The fourth-order valence-electron chi connectivity index (χ4n) is 3.24. The van der Waals surface area contributed by atoms with Crippen molar-refractivity contribution >= 4 is 17.0 Å². The van der Waals surface area contributed by atoms with Gasteiger partial charge in [0.2, 0.25) is 0 Å². The summed E-state index contributed by atoms with van der Waals surface area (Å²) in [5.74, 6) is 1.71. The van der Waals surface area contributed by atoms with Gasteiger partial charge in [-0.05, 0) is 50.1 Å². The van der Waals surface area contributed by atoms with Crippen LogP contribution < -0.4 is 4.90 Å². The van der Waals surface area contributed by atoms with Gasteiger partial charge in [0.1, 0.15) is 5.75 Å². The van der Waals surface area contributed by atoms with Crippen molar-refractivity contribution in [2.24, 2.45) is 0 Å². The van der Waals surface area contributed by atoms with Crippen molar-refractivity contribution in [3.05, 3.63) is 60.7 Å². The van der Waals surface area contributed by atoms with Crippen molar-refractivity contribution in [1.82, 2.24) is 24.5 Å². The van der Waals surface area contributed by atoms with Gasteiger partial charge in [-0.3, -0.25) is 4.98 Å². The molecule has 1 N–H and O–H groups in total. The Balaban J connectivity index is 1.72. The fourth-order valence-corrected chi connectivity index (χ4v) is 3.24. The van der Waals surface area contributed by atoms with E-state index in [-0.39, 0.29) is 11.8 Å². The summed E-state index contributed by atoms with van der Waals surface area (Å²) in [6.45, 7) is 4.99. The molecule has 0 aliphatic rings. The van der Waals surface area contributed by atoms with Gasteiger partial charge in [0, 0.05) is 37.6 Å². The average molecular weight is 388 g/mol. The first-order valence-electron chi connectivity index (χ1n) is 9.67. The van der Waals surface area contributed by atoms with Crippen LogP contribution in [0.3, 0.4) is 0 Å². The van der Waals surface area contributed by atoms with Gasteiger partial charge in [0.15, 0.2) is 22.8 Å². The molecule has 29 heavy (non-hydrogen) atoms. The third-order valence-electron chi connectivity index (χ3n) is 4.91. The molecule has 3 aromatic heterocycles. The molecule has 0 saturated carbocycles. The predicted octanol–water partition coefficient (Wildman–Crippen LogP) is 3.85. The van der Waals surface area contributed by atoms with Crippen molar-refractivity contribution < 1.29 is 5.11 Å². The monoisotopic (exact) mass is 388 g/mol. The maximum absolute atomic E-state index is 9.47. The molecule has 4 aromatic rings. The van der Waals surface area contributed by atoms with E-state index in [0.29, 0.717) is 5.82 Å². The first-order chi connectivity index (χ1) is 14.0. The molecule has 0 fully saturated rings. The number of aromatic nitrogens is 5. The van der Waals surface area contributed by atoms with Crippen LogP contribution in [0.5, 0.6) is 5.75 Å². The zero-order valence-corrected chi connectivity index (χ0v) is 16.8. The van der Waals surface area contributed by atoms with Gasteiger partial charge in [-0.25, -0.2) is 15.0 Å². The predicted molar refractivity (Wildman–Crippen MR) is 114 cm³/mol. The summed E-state index contributed by atoms with van der Waals surface area (Å²) < 4.78 is 2.06. The van der Waals surface area contributed by atoms with Gasteiger partial charge in [0.25, 0.3) is 0 Å². The van der Waals surface area contributed by atoms with E-state index >= 15 is 0 Å². The van der Waals surface area contributed by atoms with E-state index in [4.69, 9.17) is 9.97 Å². The number of imidazole rings is 1. The van der Waals surface area contributed by atoms with Crippen LogP contribution in [0, 0.1) is 0 Å². The Morgan fingerprint density at radius 1 is 1.10 bits per heavy atom. The number of phenolic OH excluding ortho intramolecular Hbond substituents is 1. The molecule has 1 aromatic carbocycles. The molecule has 0 unspecified atom stereocenters. The molecule has 7 nitrogen and oxygen atoms in total. The van der Waals surface area contributed by atoms with Crippen molar-refractivity contribution in [3.8, 4) is 17.1 Å². The Morgan fingerprint density at radius 2 is 1.90 bits per heavy atom. The second-order valence-electron chi connectivity index (χ2n) is 7.37. The minimum atomic E-state index is 0.242. The maximum Gasteiger partial charge on any atom is 0.166 e. The number of hydrogen-bond donors (Lipinski definition) is 1. The number of benzene rings is 1. The highest BCUT2D eigenvalue weighted by Crippen LogP contribution is 2.27. The minimum absolute atomic E-state index is 0.242. The number of rotatable bonds is 6. The highest BCUT2D eigenvalue weighted by atomic mass is 16.3. The molecule has 0 atom stereocenters. The molecule has 0 aliphatic heterocycles. The number of fused-ring (bicyclic) bond motifs is 1. The minimum Gasteiger partial charge on any atom is -0.508 e. The standard InChI is InChI=1S/C22H24N6O/c1-15(2)28-14-24-19-21(27(3)12-10-16-6-8-18(29)9-7-16)25-20(26-22(19)28)17-5-4-11-23-13-17/h4-9,11,13-15,29H,10,12H2,1-3H3. The second-order valence-corrected chi connectivity index (χ2v) is 7.37. The van der Waals surface area contributed by atoms with E-state index in [0.717, 1.165) is 41.1 Å². The second kappa shape index (κ2) is 7.87. The topological polar surface area (TPSA) is 80.0 Å². The molecule has 0 spiro atoms. The maximum atomic E-state index is 9.47. The van der Waals surface area contributed by atoms with Crippen LogP contribution in [0.4, 0.5) is 5.82 Å². The third-order valence-corrected chi connectivity index (χ3v) is 4.91. The molecule has 0 amide bonds. The Hall–Kier alpha value is -3.48. The van der Waals surface area contributed by atoms with Gasteiger partial charge in [-0.15, -0.1) is 0 Å². The molecule has 0 saturated heterocycles. The Morgan fingerprint density at radius 3 is 2.59 bits per heavy atom. The lowest BCUT2D eigenvalue weighted by atomic mass is 10.1. The summed E-state index contributed by atoms with van der Waals surface area (Å²) in [7, 11) is 2.02. The highest BCUT2D eigenvalue weighted by Gasteiger charge is 2.18. The molecule has 0 aliphatic carbocycles. The number of hydrogen-bond acceptors (Lipinski definition) is 6. The number of anilines is 1.